The monoisotopic (exact) mass is 348 g/mol. The Kier molecular flexibility index (Phi) is 5.67. The molecular weight excluding hydrogens is 331 g/mol. The van der Waals surface area contributed by atoms with Gasteiger partial charge in [-0.3, -0.25) is 10.1 Å². The van der Waals surface area contributed by atoms with Crippen molar-refractivity contribution in [2.45, 2.75) is 39.2 Å². The van der Waals surface area contributed by atoms with Crippen LogP contribution in [-0.4, -0.2) is 11.0 Å². The minimum Gasteiger partial charge on any atom is -0.377 e. The molecular formula is C12H17IN2O2. The summed E-state index contributed by atoms with van der Waals surface area (Å²) < 4.78 is 0.876. The maximum atomic E-state index is 10.9. The summed E-state index contributed by atoms with van der Waals surface area (Å²) in [6.45, 7) is 4.19. The summed E-state index contributed by atoms with van der Waals surface area (Å²) in [5, 5.41) is 14.1. The lowest BCUT2D eigenvalue weighted by Gasteiger charge is -2.14. The normalized spacial score (nSPS) is 12.2. The Hall–Kier alpha value is -0.850. The second kappa shape index (κ2) is 6.78. The van der Waals surface area contributed by atoms with Gasteiger partial charge in [-0.05, 0) is 48.1 Å². The van der Waals surface area contributed by atoms with E-state index in [0.29, 0.717) is 5.69 Å². The minimum absolute atomic E-state index is 0.153. The van der Waals surface area contributed by atoms with E-state index in [2.05, 4.69) is 41.8 Å². The molecule has 0 aliphatic heterocycles. The molecule has 5 heteroatoms. The highest BCUT2D eigenvalue weighted by atomic mass is 127. The van der Waals surface area contributed by atoms with Crippen LogP contribution in [0.4, 0.5) is 11.4 Å². The summed E-state index contributed by atoms with van der Waals surface area (Å²) in [5.74, 6) is 0. The molecule has 94 valence electrons. The van der Waals surface area contributed by atoms with Crippen molar-refractivity contribution in [2.24, 2.45) is 0 Å². The summed E-state index contributed by atoms with van der Waals surface area (Å²) in [6.07, 6.45) is 3.30. The van der Waals surface area contributed by atoms with E-state index in [0.717, 1.165) is 22.8 Å². The highest BCUT2D eigenvalue weighted by Crippen LogP contribution is 2.27. The number of anilines is 1. The fraction of sp³-hybridized carbons (Fsp3) is 0.500. The summed E-state index contributed by atoms with van der Waals surface area (Å²) in [4.78, 5) is 10.6. The van der Waals surface area contributed by atoms with Crippen LogP contribution in [0.3, 0.4) is 0 Å². The molecule has 1 atom stereocenters. The zero-order valence-corrected chi connectivity index (χ0v) is 12.2. The van der Waals surface area contributed by atoms with E-state index >= 15 is 0 Å². The number of rotatable bonds is 6. The van der Waals surface area contributed by atoms with E-state index in [-0.39, 0.29) is 16.7 Å². The van der Waals surface area contributed by atoms with Crippen molar-refractivity contribution in [1.29, 1.82) is 0 Å². The predicted octanol–water partition coefficient (Wildman–Crippen LogP) is 4.19. The summed E-state index contributed by atoms with van der Waals surface area (Å²) in [6, 6.07) is 5.51. The Bertz CT molecular complexity index is 396. The van der Waals surface area contributed by atoms with E-state index in [9.17, 15) is 10.1 Å². The average molecular weight is 348 g/mol. The molecule has 0 heterocycles. The molecule has 4 nitrogen and oxygen atoms in total. The van der Waals surface area contributed by atoms with Gasteiger partial charge in [-0.1, -0.05) is 19.8 Å². The first-order chi connectivity index (χ1) is 8.04. The highest BCUT2D eigenvalue weighted by Gasteiger charge is 2.15. The van der Waals surface area contributed by atoms with Crippen LogP contribution in [0.15, 0.2) is 18.2 Å². The fourth-order valence-electron chi connectivity index (χ4n) is 1.63. The number of hydrogen-bond donors (Lipinski definition) is 1. The molecule has 0 aliphatic carbocycles. The zero-order valence-electron chi connectivity index (χ0n) is 10.1. The van der Waals surface area contributed by atoms with E-state index < -0.39 is 0 Å². The molecule has 1 rings (SSSR count). The molecule has 0 fully saturated rings. The lowest BCUT2D eigenvalue weighted by Crippen LogP contribution is -2.15. The van der Waals surface area contributed by atoms with Crippen LogP contribution >= 0.6 is 22.6 Å². The highest BCUT2D eigenvalue weighted by molar-refractivity contribution is 14.1. The summed E-state index contributed by atoms with van der Waals surface area (Å²) >= 11 is 2.08. The first kappa shape index (κ1) is 14.2. The number of nitrogens with zero attached hydrogens (tertiary/aromatic N) is 1. The molecule has 1 N–H and O–H groups in total. The minimum atomic E-state index is -0.336. The summed E-state index contributed by atoms with van der Waals surface area (Å²) in [5.41, 5.74) is 0.763. The van der Waals surface area contributed by atoms with Crippen LogP contribution in [0, 0.1) is 13.7 Å². The van der Waals surface area contributed by atoms with Gasteiger partial charge in [0.05, 0.1) is 4.92 Å². The molecule has 0 aromatic heterocycles. The average Bonchev–Trinajstić information content (AvgIpc) is 2.28. The maximum absolute atomic E-state index is 10.9. The number of nitro groups is 1. The van der Waals surface area contributed by atoms with E-state index in [1.165, 1.54) is 0 Å². The number of halogens is 1. The molecule has 0 radical (unpaired) electrons. The first-order valence-electron chi connectivity index (χ1n) is 5.75. The number of hydrogen-bond acceptors (Lipinski definition) is 3. The number of benzene rings is 1. The summed E-state index contributed by atoms with van der Waals surface area (Å²) in [7, 11) is 0. The van der Waals surface area contributed by atoms with Gasteiger partial charge in [0, 0.05) is 15.7 Å². The first-order valence-corrected chi connectivity index (χ1v) is 6.83. The van der Waals surface area contributed by atoms with Crippen LogP contribution in [0.2, 0.25) is 0 Å². The Morgan fingerprint density at radius 1 is 1.53 bits per heavy atom. The van der Waals surface area contributed by atoms with Gasteiger partial charge in [0.15, 0.2) is 0 Å². The van der Waals surface area contributed by atoms with Crippen LogP contribution in [0.1, 0.15) is 33.1 Å². The maximum Gasteiger partial charge on any atom is 0.293 e. The SMILES string of the molecule is CCCCC(C)Nc1ccc(I)cc1[N+](=O)[O-]. The Morgan fingerprint density at radius 3 is 2.82 bits per heavy atom. The largest absolute Gasteiger partial charge is 0.377 e. The Morgan fingerprint density at radius 2 is 2.24 bits per heavy atom. The molecule has 0 spiro atoms. The lowest BCUT2D eigenvalue weighted by molar-refractivity contribution is -0.384. The van der Waals surface area contributed by atoms with Crippen molar-refractivity contribution in [3.63, 3.8) is 0 Å². The molecule has 1 unspecified atom stereocenters. The van der Waals surface area contributed by atoms with Crippen molar-refractivity contribution in [3.05, 3.63) is 31.9 Å². The number of nitro benzene ring substituents is 1. The van der Waals surface area contributed by atoms with E-state index in [1.54, 1.807) is 12.1 Å². The van der Waals surface area contributed by atoms with Crippen LogP contribution in [-0.2, 0) is 0 Å². The molecule has 0 amide bonds. The zero-order chi connectivity index (χ0) is 12.8. The topological polar surface area (TPSA) is 55.2 Å². The van der Waals surface area contributed by atoms with Gasteiger partial charge < -0.3 is 5.32 Å². The van der Waals surface area contributed by atoms with Gasteiger partial charge >= 0.3 is 0 Å². The predicted molar refractivity (Wildman–Crippen MR) is 78.4 cm³/mol. The Balaban J connectivity index is 2.79. The molecule has 17 heavy (non-hydrogen) atoms. The van der Waals surface area contributed by atoms with Gasteiger partial charge in [-0.15, -0.1) is 0 Å². The standard InChI is InChI=1S/C12H17IN2O2/c1-3-4-5-9(2)14-11-7-6-10(13)8-12(11)15(16)17/h6-9,14H,3-5H2,1-2H3. The van der Waals surface area contributed by atoms with Crippen molar-refractivity contribution in [1.82, 2.24) is 0 Å². The number of unbranched alkanes of at least 4 members (excludes halogenated alkanes) is 1. The van der Waals surface area contributed by atoms with Crippen LogP contribution < -0.4 is 5.32 Å². The van der Waals surface area contributed by atoms with Crippen molar-refractivity contribution >= 4 is 34.0 Å². The number of nitrogens with one attached hydrogen (secondary N) is 1. The second-order valence-electron chi connectivity index (χ2n) is 4.11. The third-order valence-corrected chi connectivity index (χ3v) is 3.22. The van der Waals surface area contributed by atoms with E-state index in [4.69, 9.17) is 0 Å². The molecule has 1 aromatic carbocycles. The third-order valence-electron chi connectivity index (χ3n) is 2.55. The van der Waals surface area contributed by atoms with Gasteiger partial charge in [0.25, 0.3) is 5.69 Å². The smallest absolute Gasteiger partial charge is 0.293 e. The molecule has 1 aromatic rings. The van der Waals surface area contributed by atoms with Gasteiger partial charge in [-0.25, -0.2) is 0 Å². The molecule has 0 saturated heterocycles. The van der Waals surface area contributed by atoms with Crippen LogP contribution in [0.5, 0.6) is 0 Å². The molecule has 0 saturated carbocycles. The fourth-order valence-corrected chi connectivity index (χ4v) is 2.10. The second-order valence-corrected chi connectivity index (χ2v) is 5.35. The molecule has 0 aliphatic rings. The van der Waals surface area contributed by atoms with Crippen molar-refractivity contribution in [3.8, 4) is 0 Å². The lowest BCUT2D eigenvalue weighted by atomic mass is 10.1. The van der Waals surface area contributed by atoms with E-state index in [1.807, 2.05) is 6.07 Å². The van der Waals surface area contributed by atoms with Gasteiger partial charge in [0.1, 0.15) is 5.69 Å². The van der Waals surface area contributed by atoms with Crippen molar-refractivity contribution in [2.75, 3.05) is 5.32 Å². The van der Waals surface area contributed by atoms with Crippen molar-refractivity contribution < 1.29 is 4.92 Å². The van der Waals surface area contributed by atoms with Gasteiger partial charge in [-0.2, -0.15) is 0 Å². The Labute approximate surface area is 115 Å². The molecule has 0 bridgehead atoms. The quantitative estimate of drug-likeness (QED) is 0.476. The van der Waals surface area contributed by atoms with Gasteiger partial charge in [0.2, 0.25) is 0 Å². The third kappa shape index (κ3) is 4.49. The van der Waals surface area contributed by atoms with Crippen LogP contribution in [0.25, 0.3) is 0 Å².